The number of hydrogen-bond acceptors (Lipinski definition) is 8. The van der Waals surface area contributed by atoms with Crippen LogP contribution in [0, 0.1) is 0 Å². The zero-order valence-corrected chi connectivity index (χ0v) is 20.7. The Hall–Kier alpha value is -3.86. The minimum absolute atomic E-state index is 0.138. The van der Waals surface area contributed by atoms with Crippen LogP contribution in [-0.2, 0) is 14.8 Å². The van der Waals surface area contributed by atoms with E-state index in [4.69, 9.17) is 9.47 Å². The van der Waals surface area contributed by atoms with Gasteiger partial charge in [0.15, 0.2) is 0 Å². The monoisotopic (exact) mass is 507 g/mol. The fourth-order valence-corrected chi connectivity index (χ4v) is 5.81. The Morgan fingerprint density at radius 3 is 2.72 bits per heavy atom. The van der Waals surface area contributed by atoms with Crippen LogP contribution in [0.5, 0.6) is 11.6 Å². The molecule has 0 aliphatic carbocycles. The summed E-state index contributed by atoms with van der Waals surface area (Å²) in [6, 6.07) is 9.47. The van der Waals surface area contributed by atoms with Gasteiger partial charge in [-0.05, 0) is 37.6 Å². The third kappa shape index (κ3) is 3.89. The van der Waals surface area contributed by atoms with Gasteiger partial charge in [0.2, 0.25) is 21.8 Å². The Labute approximate surface area is 208 Å². The molecule has 11 heteroatoms. The lowest BCUT2D eigenvalue weighted by Gasteiger charge is -2.29. The van der Waals surface area contributed by atoms with Crippen LogP contribution in [0.25, 0.3) is 11.1 Å². The Bertz CT molecular complexity index is 1490. The molecule has 36 heavy (non-hydrogen) atoms. The number of rotatable bonds is 4. The van der Waals surface area contributed by atoms with E-state index in [1.165, 1.54) is 10.6 Å². The van der Waals surface area contributed by atoms with E-state index in [2.05, 4.69) is 15.3 Å². The van der Waals surface area contributed by atoms with Crippen molar-refractivity contribution in [1.29, 1.82) is 0 Å². The van der Waals surface area contributed by atoms with Crippen molar-refractivity contribution in [3.63, 3.8) is 0 Å². The summed E-state index contributed by atoms with van der Waals surface area (Å²) in [5, 5.41) is 3.22. The SMILES string of the molecule is CC1Oc2cc(N3CCCC3=O)ccc2-c2cnc(Nc3cnc4c(c3)N(S(C)(=O)=O)CCO4)cc21. The van der Waals surface area contributed by atoms with Crippen molar-refractivity contribution in [2.24, 2.45) is 0 Å². The smallest absolute Gasteiger partial charge is 0.238 e. The van der Waals surface area contributed by atoms with Crippen LogP contribution in [0.2, 0.25) is 0 Å². The molecule has 3 aromatic rings. The van der Waals surface area contributed by atoms with Crippen molar-refractivity contribution in [3.8, 4) is 22.8 Å². The van der Waals surface area contributed by atoms with Crippen LogP contribution >= 0.6 is 0 Å². The maximum Gasteiger partial charge on any atom is 0.238 e. The number of anilines is 4. The Kier molecular flexibility index (Phi) is 5.25. The lowest BCUT2D eigenvalue weighted by atomic mass is 9.94. The second-order valence-corrected chi connectivity index (χ2v) is 11.0. The molecule has 6 rings (SSSR count). The molecule has 1 amide bonds. The highest BCUT2D eigenvalue weighted by molar-refractivity contribution is 7.92. The van der Waals surface area contributed by atoms with Crippen LogP contribution in [0.15, 0.2) is 42.7 Å². The molecule has 1 fully saturated rings. The van der Waals surface area contributed by atoms with E-state index < -0.39 is 10.0 Å². The second kappa shape index (κ2) is 8.37. The zero-order chi connectivity index (χ0) is 25.0. The van der Waals surface area contributed by atoms with Crippen LogP contribution in [0.4, 0.5) is 22.9 Å². The van der Waals surface area contributed by atoms with Gasteiger partial charge < -0.3 is 19.7 Å². The van der Waals surface area contributed by atoms with Crippen molar-refractivity contribution in [2.45, 2.75) is 25.9 Å². The quantitative estimate of drug-likeness (QED) is 0.570. The summed E-state index contributed by atoms with van der Waals surface area (Å²) in [7, 11) is -3.46. The van der Waals surface area contributed by atoms with Crippen molar-refractivity contribution >= 4 is 38.8 Å². The molecule has 3 aliphatic rings. The molecule has 5 heterocycles. The van der Waals surface area contributed by atoms with Gasteiger partial charge in [-0.25, -0.2) is 18.4 Å². The summed E-state index contributed by atoms with van der Waals surface area (Å²) in [6.45, 7) is 3.18. The topological polar surface area (TPSA) is 114 Å². The third-order valence-corrected chi connectivity index (χ3v) is 7.80. The van der Waals surface area contributed by atoms with Gasteiger partial charge >= 0.3 is 0 Å². The van der Waals surface area contributed by atoms with Gasteiger partial charge in [0, 0.05) is 47.6 Å². The van der Waals surface area contributed by atoms with E-state index in [0.29, 0.717) is 23.6 Å². The van der Waals surface area contributed by atoms with E-state index in [0.717, 1.165) is 41.1 Å². The summed E-state index contributed by atoms with van der Waals surface area (Å²) in [5.74, 6) is 1.73. The molecule has 10 nitrogen and oxygen atoms in total. The standard InChI is InChI=1S/C25H25N5O5S/c1-15-19-12-23(28-16-10-21-25(27-13-16)34-9-8-30(21)36(2,32)33)26-14-20(19)18-6-5-17(11-22(18)35-15)29-7-3-4-24(29)31/h5-6,10-15H,3-4,7-9H2,1-2H3,(H,26,28). The number of fused-ring (bicyclic) bond motifs is 4. The van der Waals surface area contributed by atoms with Gasteiger partial charge in [0.05, 0.1) is 24.7 Å². The number of carbonyl (C=O) groups is 1. The molecule has 0 bridgehead atoms. The van der Waals surface area contributed by atoms with E-state index >= 15 is 0 Å². The van der Waals surface area contributed by atoms with E-state index in [1.54, 1.807) is 23.4 Å². The molecular formula is C25H25N5O5S. The lowest BCUT2D eigenvalue weighted by Crippen LogP contribution is -2.37. The summed E-state index contributed by atoms with van der Waals surface area (Å²) >= 11 is 0. The van der Waals surface area contributed by atoms with Crippen LogP contribution in [-0.4, -0.2) is 50.2 Å². The normalized spacial score (nSPS) is 18.6. The summed E-state index contributed by atoms with van der Waals surface area (Å²) in [5.41, 5.74) is 4.69. The molecule has 1 saturated heterocycles. The van der Waals surface area contributed by atoms with Crippen LogP contribution < -0.4 is 24.0 Å². The molecular weight excluding hydrogens is 482 g/mol. The molecule has 1 N–H and O–H groups in total. The number of nitrogens with zero attached hydrogens (tertiary/aromatic N) is 4. The fraction of sp³-hybridized carbons (Fsp3) is 0.320. The van der Waals surface area contributed by atoms with E-state index in [1.807, 2.05) is 31.2 Å². The minimum atomic E-state index is -3.46. The molecule has 186 valence electrons. The van der Waals surface area contributed by atoms with Crippen molar-refractivity contribution in [2.75, 3.05) is 40.5 Å². The number of benzene rings is 1. The predicted octanol–water partition coefficient (Wildman–Crippen LogP) is 3.63. The molecule has 1 aromatic carbocycles. The molecule has 0 spiro atoms. The van der Waals surface area contributed by atoms with Crippen LogP contribution in [0.3, 0.4) is 0 Å². The molecule has 1 atom stereocenters. The van der Waals surface area contributed by atoms with Gasteiger partial charge in [0.25, 0.3) is 0 Å². The Morgan fingerprint density at radius 1 is 1.08 bits per heavy atom. The summed E-state index contributed by atoms with van der Waals surface area (Å²) in [6.07, 6.45) is 5.77. The molecule has 3 aliphatic heterocycles. The van der Waals surface area contributed by atoms with Gasteiger partial charge in [0.1, 0.15) is 30.0 Å². The van der Waals surface area contributed by atoms with Crippen molar-refractivity contribution in [1.82, 2.24) is 9.97 Å². The largest absolute Gasteiger partial charge is 0.485 e. The summed E-state index contributed by atoms with van der Waals surface area (Å²) in [4.78, 5) is 22.8. The molecule has 0 radical (unpaired) electrons. The van der Waals surface area contributed by atoms with Gasteiger partial charge in [-0.2, -0.15) is 0 Å². The average molecular weight is 508 g/mol. The highest BCUT2D eigenvalue weighted by Gasteiger charge is 2.29. The zero-order valence-electron chi connectivity index (χ0n) is 19.9. The number of amides is 1. The first-order valence-electron chi connectivity index (χ1n) is 11.8. The highest BCUT2D eigenvalue weighted by atomic mass is 32.2. The summed E-state index contributed by atoms with van der Waals surface area (Å²) < 4.78 is 37.5. The van der Waals surface area contributed by atoms with Gasteiger partial charge in [-0.3, -0.25) is 9.10 Å². The molecule has 1 unspecified atom stereocenters. The fourth-order valence-electron chi connectivity index (χ4n) is 4.91. The first-order chi connectivity index (χ1) is 17.3. The maximum absolute atomic E-state index is 12.2. The lowest BCUT2D eigenvalue weighted by molar-refractivity contribution is -0.117. The third-order valence-electron chi connectivity index (χ3n) is 6.62. The number of pyridine rings is 2. The number of hydrogen-bond donors (Lipinski definition) is 1. The number of aromatic nitrogens is 2. The van der Waals surface area contributed by atoms with E-state index in [-0.39, 0.29) is 31.0 Å². The number of ether oxygens (including phenoxy) is 2. The average Bonchev–Trinajstić information content (AvgIpc) is 3.28. The van der Waals surface area contributed by atoms with E-state index in [9.17, 15) is 13.2 Å². The number of nitrogens with one attached hydrogen (secondary N) is 1. The van der Waals surface area contributed by atoms with Crippen molar-refractivity contribution in [3.05, 3.63) is 48.3 Å². The Morgan fingerprint density at radius 2 is 1.94 bits per heavy atom. The number of sulfonamides is 1. The first kappa shape index (κ1) is 22.6. The molecule has 0 saturated carbocycles. The number of carbonyl (C=O) groups excluding carboxylic acids is 1. The Balaban J connectivity index is 1.30. The van der Waals surface area contributed by atoms with Gasteiger partial charge in [-0.1, -0.05) is 0 Å². The van der Waals surface area contributed by atoms with Gasteiger partial charge in [-0.15, -0.1) is 0 Å². The highest BCUT2D eigenvalue weighted by Crippen LogP contribution is 2.45. The predicted molar refractivity (Wildman–Crippen MR) is 136 cm³/mol. The maximum atomic E-state index is 12.2. The van der Waals surface area contributed by atoms with Crippen LogP contribution in [0.1, 0.15) is 31.4 Å². The van der Waals surface area contributed by atoms with Crippen molar-refractivity contribution < 1.29 is 22.7 Å². The molecule has 2 aromatic heterocycles. The first-order valence-corrected chi connectivity index (χ1v) is 13.6. The minimum Gasteiger partial charge on any atom is -0.485 e. The second-order valence-electron chi connectivity index (χ2n) is 9.10.